The number of sulfone groups is 1. The lowest BCUT2D eigenvalue weighted by molar-refractivity contribution is -0.146. The number of esters is 1. The molecule has 0 radical (unpaired) electrons. The molecule has 6 nitrogen and oxygen atoms in total. The average molecular weight is 389 g/mol. The van der Waals surface area contributed by atoms with E-state index in [0.29, 0.717) is 5.69 Å². The molecular weight excluding hydrogens is 366 g/mol. The van der Waals surface area contributed by atoms with Crippen molar-refractivity contribution >= 4 is 27.4 Å². The van der Waals surface area contributed by atoms with Crippen LogP contribution in [0.25, 0.3) is 0 Å². The molecule has 0 spiro atoms. The number of ether oxygens (including phenoxy) is 1. The Bertz CT molecular complexity index is 933. The van der Waals surface area contributed by atoms with Gasteiger partial charge in [0.1, 0.15) is 0 Å². The molecule has 27 heavy (non-hydrogen) atoms. The van der Waals surface area contributed by atoms with Crippen LogP contribution in [-0.4, -0.2) is 32.7 Å². The first-order valence-electron chi connectivity index (χ1n) is 8.49. The van der Waals surface area contributed by atoms with Crippen molar-refractivity contribution in [2.75, 3.05) is 17.7 Å². The third-order valence-electron chi connectivity index (χ3n) is 3.99. The lowest BCUT2D eigenvalue weighted by atomic mass is 10.1. The van der Waals surface area contributed by atoms with E-state index in [1.807, 2.05) is 39.0 Å². The number of nitrogens with one attached hydrogen (secondary N) is 1. The largest absolute Gasteiger partial charge is 0.456 e. The van der Waals surface area contributed by atoms with Crippen LogP contribution >= 0.6 is 0 Å². The zero-order valence-electron chi connectivity index (χ0n) is 15.6. The summed E-state index contributed by atoms with van der Waals surface area (Å²) in [6.45, 7) is 5.16. The molecule has 0 aromatic heterocycles. The number of anilines is 1. The van der Waals surface area contributed by atoms with E-state index in [9.17, 15) is 18.0 Å². The summed E-state index contributed by atoms with van der Waals surface area (Å²) in [5.41, 5.74) is 3.49. The van der Waals surface area contributed by atoms with Crippen molar-refractivity contribution in [3.63, 3.8) is 0 Å². The highest BCUT2D eigenvalue weighted by molar-refractivity contribution is 7.91. The maximum atomic E-state index is 12.2. The van der Waals surface area contributed by atoms with Gasteiger partial charge in [-0.15, -0.1) is 0 Å². The molecule has 0 heterocycles. The van der Waals surface area contributed by atoms with Crippen LogP contribution in [0, 0.1) is 20.8 Å². The molecule has 2 aromatic rings. The summed E-state index contributed by atoms with van der Waals surface area (Å²) >= 11 is 0. The number of carbonyl (C=O) groups is 2. The second kappa shape index (κ2) is 8.81. The van der Waals surface area contributed by atoms with Crippen molar-refractivity contribution in [2.24, 2.45) is 0 Å². The predicted molar refractivity (Wildman–Crippen MR) is 103 cm³/mol. The Balaban J connectivity index is 1.82. The number of hydrogen-bond donors (Lipinski definition) is 1. The van der Waals surface area contributed by atoms with E-state index < -0.39 is 28.3 Å². The van der Waals surface area contributed by atoms with Gasteiger partial charge < -0.3 is 10.1 Å². The Hall–Kier alpha value is -2.67. The van der Waals surface area contributed by atoms with E-state index in [4.69, 9.17) is 4.74 Å². The SMILES string of the molecule is Cc1ccc(S(=O)(=O)CCC(=O)OCC(=O)Nc2cc(C)ccc2C)cc1. The van der Waals surface area contributed by atoms with Crippen LogP contribution in [0.3, 0.4) is 0 Å². The highest BCUT2D eigenvalue weighted by Gasteiger charge is 2.17. The summed E-state index contributed by atoms with van der Waals surface area (Å²) in [5.74, 6) is -1.58. The molecule has 0 saturated heterocycles. The third kappa shape index (κ3) is 6.21. The lowest BCUT2D eigenvalue weighted by Gasteiger charge is -2.10. The smallest absolute Gasteiger partial charge is 0.307 e. The van der Waals surface area contributed by atoms with Crippen molar-refractivity contribution in [1.82, 2.24) is 0 Å². The Morgan fingerprint density at radius 3 is 2.26 bits per heavy atom. The zero-order valence-corrected chi connectivity index (χ0v) is 16.4. The van der Waals surface area contributed by atoms with E-state index in [1.54, 1.807) is 12.1 Å². The summed E-state index contributed by atoms with van der Waals surface area (Å²) in [5, 5.41) is 2.68. The van der Waals surface area contributed by atoms with Crippen molar-refractivity contribution < 1.29 is 22.7 Å². The first kappa shape index (κ1) is 20.6. The van der Waals surface area contributed by atoms with E-state index in [-0.39, 0.29) is 17.1 Å². The van der Waals surface area contributed by atoms with Gasteiger partial charge in [0, 0.05) is 5.69 Å². The quantitative estimate of drug-likeness (QED) is 0.736. The molecule has 0 atom stereocenters. The Labute approximate surface area is 159 Å². The van der Waals surface area contributed by atoms with Crippen LogP contribution in [0.2, 0.25) is 0 Å². The van der Waals surface area contributed by atoms with Gasteiger partial charge in [-0.25, -0.2) is 8.42 Å². The molecule has 0 saturated carbocycles. The predicted octanol–water partition coefficient (Wildman–Crippen LogP) is 2.96. The molecule has 1 N–H and O–H groups in total. The van der Waals surface area contributed by atoms with Gasteiger partial charge in [0.25, 0.3) is 5.91 Å². The Kier molecular flexibility index (Phi) is 6.74. The molecule has 2 rings (SSSR count). The van der Waals surface area contributed by atoms with Crippen molar-refractivity contribution in [3.8, 4) is 0 Å². The number of carbonyl (C=O) groups excluding carboxylic acids is 2. The summed E-state index contributed by atoms with van der Waals surface area (Å²) in [6, 6.07) is 12.0. The molecule has 2 aromatic carbocycles. The second-order valence-electron chi connectivity index (χ2n) is 6.41. The van der Waals surface area contributed by atoms with E-state index in [0.717, 1.165) is 16.7 Å². The first-order chi connectivity index (χ1) is 12.7. The standard InChI is InChI=1S/C20H23NO5S/c1-14-5-8-17(9-6-14)27(24,25)11-10-20(23)26-13-19(22)21-18-12-15(2)4-7-16(18)3/h4-9,12H,10-11,13H2,1-3H3,(H,21,22). The van der Waals surface area contributed by atoms with Crippen LogP contribution in [-0.2, 0) is 24.2 Å². The first-order valence-corrected chi connectivity index (χ1v) is 10.1. The lowest BCUT2D eigenvalue weighted by Crippen LogP contribution is -2.22. The summed E-state index contributed by atoms with van der Waals surface area (Å²) in [4.78, 5) is 23.9. The molecule has 7 heteroatoms. The maximum Gasteiger partial charge on any atom is 0.307 e. The monoisotopic (exact) mass is 389 g/mol. The number of rotatable bonds is 7. The van der Waals surface area contributed by atoms with E-state index >= 15 is 0 Å². The normalized spacial score (nSPS) is 11.1. The summed E-state index contributed by atoms with van der Waals surface area (Å²) < 4.78 is 29.3. The highest BCUT2D eigenvalue weighted by Crippen LogP contribution is 2.16. The third-order valence-corrected chi connectivity index (χ3v) is 5.72. The second-order valence-corrected chi connectivity index (χ2v) is 8.52. The van der Waals surface area contributed by atoms with Crippen LogP contribution in [0.5, 0.6) is 0 Å². The van der Waals surface area contributed by atoms with E-state index in [2.05, 4.69) is 5.32 Å². The summed E-state index contributed by atoms with van der Waals surface area (Å²) in [6.07, 6.45) is -0.313. The fourth-order valence-electron chi connectivity index (χ4n) is 2.36. The minimum Gasteiger partial charge on any atom is -0.456 e. The van der Waals surface area contributed by atoms with Gasteiger partial charge in [-0.05, 0) is 50.1 Å². The minimum atomic E-state index is -3.57. The fourth-order valence-corrected chi connectivity index (χ4v) is 3.58. The van der Waals surface area contributed by atoms with Crippen molar-refractivity contribution in [1.29, 1.82) is 0 Å². The molecule has 1 amide bonds. The zero-order chi connectivity index (χ0) is 20.0. The number of hydrogen-bond acceptors (Lipinski definition) is 5. The minimum absolute atomic E-state index is 0.161. The fraction of sp³-hybridized carbons (Fsp3) is 0.300. The molecule has 0 bridgehead atoms. The van der Waals surface area contributed by atoms with Gasteiger partial charge in [-0.3, -0.25) is 9.59 Å². The maximum absolute atomic E-state index is 12.2. The molecule has 0 unspecified atom stereocenters. The Morgan fingerprint density at radius 1 is 0.963 bits per heavy atom. The average Bonchev–Trinajstić information content (AvgIpc) is 2.62. The van der Waals surface area contributed by atoms with Gasteiger partial charge in [0.05, 0.1) is 17.1 Å². The molecule has 0 fully saturated rings. The number of amides is 1. The van der Waals surface area contributed by atoms with Gasteiger partial charge in [0.2, 0.25) is 0 Å². The molecule has 0 aliphatic carbocycles. The summed E-state index contributed by atoms with van der Waals surface area (Å²) in [7, 11) is -3.57. The highest BCUT2D eigenvalue weighted by atomic mass is 32.2. The Morgan fingerprint density at radius 2 is 1.59 bits per heavy atom. The molecule has 144 valence electrons. The van der Waals surface area contributed by atoms with Crippen molar-refractivity contribution in [2.45, 2.75) is 32.1 Å². The van der Waals surface area contributed by atoms with Gasteiger partial charge in [0.15, 0.2) is 16.4 Å². The van der Waals surface area contributed by atoms with E-state index in [1.165, 1.54) is 12.1 Å². The molecule has 0 aliphatic heterocycles. The van der Waals surface area contributed by atoms with Crippen molar-refractivity contribution in [3.05, 3.63) is 59.2 Å². The molecular formula is C20H23NO5S. The number of aryl methyl sites for hydroxylation is 3. The topological polar surface area (TPSA) is 89.5 Å². The van der Waals surface area contributed by atoms with Gasteiger partial charge >= 0.3 is 5.97 Å². The van der Waals surface area contributed by atoms with Crippen LogP contribution < -0.4 is 5.32 Å². The van der Waals surface area contributed by atoms with Crippen LogP contribution in [0.1, 0.15) is 23.1 Å². The van der Waals surface area contributed by atoms with Crippen LogP contribution in [0.4, 0.5) is 5.69 Å². The number of benzene rings is 2. The van der Waals surface area contributed by atoms with Crippen LogP contribution in [0.15, 0.2) is 47.4 Å². The molecule has 0 aliphatic rings. The van der Waals surface area contributed by atoms with Gasteiger partial charge in [-0.1, -0.05) is 29.8 Å². The van der Waals surface area contributed by atoms with Gasteiger partial charge in [-0.2, -0.15) is 0 Å².